The van der Waals surface area contributed by atoms with E-state index >= 15 is 4.39 Å². The topological polar surface area (TPSA) is 108 Å². The first-order valence-electron chi connectivity index (χ1n) is 11.1. The molecule has 4 atom stereocenters. The average molecular weight is 492 g/mol. The number of imide groups is 1. The van der Waals surface area contributed by atoms with Crippen molar-refractivity contribution in [2.75, 3.05) is 4.90 Å². The van der Waals surface area contributed by atoms with Crippen LogP contribution in [-0.2, 0) is 9.59 Å². The van der Waals surface area contributed by atoms with Crippen LogP contribution in [0.2, 0.25) is 0 Å². The summed E-state index contributed by atoms with van der Waals surface area (Å²) in [6.07, 6.45) is 1.78. The zero-order chi connectivity index (χ0) is 24.9. The molecule has 1 saturated heterocycles. The molecule has 0 bridgehead atoms. The highest BCUT2D eigenvalue weighted by Gasteiger charge is 2.41. The summed E-state index contributed by atoms with van der Waals surface area (Å²) in [5, 5.41) is 3.65. The molecule has 1 aromatic heterocycles. The van der Waals surface area contributed by atoms with Crippen LogP contribution in [0.3, 0.4) is 0 Å². The van der Waals surface area contributed by atoms with E-state index < -0.39 is 35.2 Å². The summed E-state index contributed by atoms with van der Waals surface area (Å²) in [7, 11) is 2.12. The summed E-state index contributed by atoms with van der Waals surface area (Å²) in [6, 6.07) is 11.6. The molecule has 3 heterocycles. The van der Waals surface area contributed by atoms with Gasteiger partial charge in [0.15, 0.2) is 0 Å². The summed E-state index contributed by atoms with van der Waals surface area (Å²) in [4.78, 5) is 56.4. The summed E-state index contributed by atoms with van der Waals surface area (Å²) >= 11 is 0. The molecule has 2 aromatic carbocycles. The van der Waals surface area contributed by atoms with Crippen molar-refractivity contribution in [1.29, 1.82) is 0 Å². The Morgan fingerprint density at radius 2 is 1.94 bits per heavy atom. The predicted molar refractivity (Wildman–Crippen MR) is 131 cm³/mol. The molecule has 0 aliphatic carbocycles. The maximum atomic E-state index is 15.1. The summed E-state index contributed by atoms with van der Waals surface area (Å²) in [6.45, 7) is 1.36. The first kappa shape index (κ1) is 23.1. The Bertz CT molecular complexity index is 1390. The van der Waals surface area contributed by atoms with Crippen molar-refractivity contribution in [2.45, 2.75) is 37.3 Å². The Hall–Kier alpha value is -3.71. The monoisotopic (exact) mass is 492 g/mol. The van der Waals surface area contributed by atoms with Gasteiger partial charge in [-0.05, 0) is 37.1 Å². The van der Waals surface area contributed by atoms with E-state index in [1.807, 2.05) is 0 Å². The van der Waals surface area contributed by atoms with Gasteiger partial charge in [-0.3, -0.25) is 34.4 Å². The fourth-order valence-corrected chi connectivity index (χ4v) is 4.97. The Morgan fingerprint density at radius 3 is 2.63 bits per heavy atom. The van der Waals surface area contributed by atoms with E-state index in [4.69, 9.17) is 0 Å². The second-order valence-corrected chi connectivity index (χ2v) is 9.95. The number of nitrogens with one attached hydrogen (secondary N) is 2. The van der Waals surface area contributed by atoms with Crippen LogP contribution < -0.4 is 15.5 Å². The number of carbonyl (C=O) groups is 4. The number of rotatable bonds is 5. The molecule has 0 spiro atoms. The Balaban J connectivity index is 1.54. The van der Waals surface area contributed by atoms with Gasteiger partial charge in [-0.2, -0.15) is 0 Å². The minimum atomic E-state index is -1.84. The highest BCUT2D eigenvalue weighted by molar-refractivity contribution is 7.18. The minimum Gasteiger partial charge on any atom is -0.342 e. The van der Waals surface area contributed by atoms with Crippen LogP contribution in [0.5, 0.6) is 0 Å². The Kier molecular flexibility index (Phi) is 5.60. The molecular weight excluding hydrogens is 470 g/mol. The Morgan fingerprint density at radius 1 is 1.20 bits per heavy atom. The molecule has 2 aliphatic rings. The van der Waals surface area contributed by atoms with Crippen LogP contribution in [0.15, 0.2) is 54.7 Å². The van der Waals surface area contributed by atoms with Crippen molar-refractivity contribution < 1.29 is 23.6 Å². The van der Waals surface area contributed by atoms with E-state index in [1.54, 1.807) is 36.4 Å². The van der Waals surface area contributed by atoms with Crippen LogP contribution in [0, 0.1) is 0 Å². The molecule has 2 N–H and O–H groups in total. The molecule has 2 aliphatic heterocycles. The van der Waals surface area contributed by atoms with E-state index in [9.17, 15) is 19.2 Å². The number of anilines is 1. The maximum Gasteiger partial charge on any atom is 0.259 e. The highest BCUT2D eigenvalue weighted by atomic mass is 31.0. The second kappa shape index (κ2) is 8.50. The van der Waals surface area contributed by atoms with Crippen LogP contribution in [0.25, 0.3) is 10.9 Å². The largest absolute Gasteiger partial charge is 0.342 e. The molecule has 0 radical (unpaired) electrons. The number of alkyl halides is 1. The van der Waals surface area contributed by atoms with Gasteiger partial charge < -0.3 is 5.32 Å². The molecule has 0 saturated carbocycles. The van der Waals surface area contributed by atoms with Gasteiger partial charge in [0.2, 0.25) is 11.8 Å². The fraction of sp³-hybridized carbons (Fsp3) is 0.240. The third-order valence-corrected chi connectivity index (χ3v) is 6.65. The number of hydrogen-bond donors (Lipinski definition) is 2. The van der Waals surface area contributed by atoms with Gasteiger partial charge in [-0.1, -0.05) is 39.6 Å². The van der Waals surface area contributed by atoms with Crippen LogP contribution in [-0.4, -0.2) is 40.1 Å². The average Bonchev–Trinajstić information content (AvgIpc) is 3.10. The first-order valence-corrected chi connectivity index (χ1v) is 11.7. The number of halogens is 1. The zero-order valence-electron chi connectivity index (χ0n) is 18.7. The third kappa shape index (κ3) is 3.96. The van der Waals surface area contributed by atoms with Gasteiger partial charge in [0, 0.05) is 18.0 Å². The smallest absolute Gasteiger partial charge is 0.259 e. The summed E-state index contributed by atoms with van der Waals surface area (Å²) < 4.78 is 15.1. The molecule has 5 rings (SSSR count). The number of carbonyl (C=O) groups excluding carboxylic acids is 4. The number of piperidine rings is 1. The molecule has 4 unspecified atom stereocenters. The zero-order valence-corrected chi connectivity index (χ0v) is 19.9. The van der Waals surface area contributed by atoms with Gasteiger partial charge in [0.05, 0.1) is 28.4 Å². The SMILES string of the molecule is CC(F)(P)C(NC(=O)c1ccc2c3c(ccnc13)N(C1CCC(=O)NC1=O)C2=O)c1ccccc1. The van der Waals surface area contributed by atoms with Gasteiger partial charge in [0.1, 0.15) is 11.5 Å². The lowest BCUT2D eigenvalue weighted by Gasteiger charge is -2.30. The van der Waals surface area contributed by atoms with Gasteiger partial charge in [0.25, 0.3) is 11.8 Å². The number of hydrogen-bond acceptors (Lipinski definition) is 5. The highest BCUT2D eigenvalue weighted by Crippen LogP contribution is 2.40. The first-order chi connectivity index (χ1) is 16.7. The van der Waals surface area contributed by atoms with E-state index in [-0.39, 0.29) is 29.8 Å². The van der Waals surface area contributed by atoms with E-state index in [0.29, 0.717) is 22.2 Å². The third-order valence-electron chi connectivity index (χ3n) is 6.32. The number of nitrogens with zero attached hydrogens (tertiary/aromatic N) is 2. The molecule has 3 aromatic rings. The maximum absolute atomic E-state index is 15.1. The lowest BCUT2D eigenvalue weighted by atomic mass is 10.0. The molecule has 1 fully saturated rings. The summed E-state index contributed by atoms with van der Waals surface area (Å²) in [5.41, 5.74) is 1.81. The van der Waals surface area contributed by atoms with Crippen molar-refractivity contribution in [3.05, 3.63) is 71.4 Å². The molecule has 4 amide bonds. The van der Waals surface area contributed by atoms with Gasteiger partial charge in [-0.15, -0.1) is 0 Å². The van der Waals surface area contributed by atoms with Crippen molar-refractivity contribution in [1.82, 2.24) is 15.6 Å². The molecule has 178 valence electrons. The number of amides is 4. The van der Waals surface area contributed by atoms with Gasteiger partial charge >= 0.3 is 0 Å². The van der Waals surface area contributed by atoms with Crippen LogP contribution in [0.1, 0.15) is 52.1 Å². The number of benzene rings is 2. The lowest BCUT2D eigenvalue weighted by molar-refractivity contribution is -0.134. The quantitative estimate of drug-likeness (QED) is 0.421. The van der Waals surface area contributed by atoms with Crippen molar-refractivity contribution in [3.8, 4) is 0 Å². The van der Waals surface area contributed by atoms with Crippen LogP contribution >= 0.6 is 9.24 Å². The van der Waals surface area contributed by atoms with Gasteiger partial charge in [-0.25, -0.2) is 4.39 Å². The van der Waals surface area contributed by atoms with E-state index in [2.05, 4.69) is 24.9 Å². The number of pyridine rings is 1. The standard InChI is InChI=1S/C25H22FN4O4P/c1-25(26,35)21(13-5-3-2-4-6-13)29-22(32)15-8-7-14-19-16(11-12-27-20(15)19)30(24(14)34)17-9-10-18(31)28-23(17)33/h2-8,11-12,17,21H,9-10,35H2,1H3,(H,29,32)(H,28,31,33). The van der Waals surface area contributed by atoms with E-state index in [1.165, 1.54) is 30.2 Å². The van der Waals surface area contributed by atoms with Crippen molar-refractivity contribution in [3.63, 3.8) is 0 Å². The molecule has 35 heavy (non-hydrogen) atoms. The summed E-state index contributed by atoms with van der Waals surface area (Å²) in [5.74, 6) is -1.87. The molecular formula is C25H22FN4O4P. The lowest BCUT2D eigenvalue weighted by Crippen LogP contribution is -2.53. The molecule has 10 heteroatoms. The normalized spacial score (nSPS) is 19.9. The fourth-order valence-electron chi connectivity index (χ4n) is 4.69. The minimum absolute atomic E-state index is 0.121. The van der Waals surface area contributed by atoms with Crippen molar-refractivity contribution in [2.24, 2.45) is 0 Å². The van der Waals surface area contributed by atoms with Crippen LogP contribution in [0.4, 0.5) is 10.1 Å². The van der Waals surface area contributed by atoms with E-state index in [0.717, 1.165) is 0 Å². The Labute approximate surface area is 202 Å². The second-order valence-electron chi connectivity index (χ2n) is 8.82. The predicted octanol–water partition coefficient (Wildman–Crippen LogP) is 3.03. The van der Waals surface area contributed by atoms with Crippen molar-refractivity contribution >= 4 is 49.5 Å². The number of aromatic nitrogens is 1. The molecule has 8 nitrogen and oxygen atoms in total.